The van der Waals surface area contributed by atoms with Crippen LogP contribution in [-0.4, -0.2) is 47.5 Å². The van der Waals surface area contributed by atoms with Crippen molar-refractivity contribution in [3.8, 4) is 11.5 Å². The van der Waals surface area contributed by atoms with Crippen LogP contribution in [0.5, 0.6) is 11.5 Å². The molecule has 2 saturated heterocycles. The number of ether oxygens (including phenoxy) is 2. The summed E-state index contributed by atoms with van der Waals surface area (Å²) in [4.78, 5) is 29.6. The maximum Gasteiger partial charge on any atom is 0.231 e. The third kappa shape index (κ3) is 3.56. The fourth-order valence-corrected chi connectivity index (χ4v) is 4.89. The molecule has 3 aliphatic heterocycles. The average Bonchev–Trinajstić information content (AvgIpc) is 3.18. The molecule has 0 aliphatic carbocycles. The third-order valence-electron chi connectivity index (χ3n) is 6.58. The second kappa shape index (κ2) is 8.02. The zero-order valence-corrected chi connectivity index (χ0v) is 16.9. The molecule has 1 aromatic rings. The van der Waals surface area contributed by atoms with Crippen LogP contribution in [0.25, 0.3) is 0 Å². The van der Waals surface area contributed by atoms with Crippen LogP contribution in [0, 0.1) is 11.8 Å². The topological polar surface area (TPSA) is 59.1 Å². The summed E-state index contributed by atoms with van der Waals surface area (Å²) < 4.78 is 10.9. The molecule has 6 nitrogen and oxygen atoms in total. The first-order chi connectivity index (χ1) is 13.6. The lowest BCUT2D eigenvalue weighted by molar-refractivity contribution is -0.146. The molecule has 2 amide bonds. The van der Waals surface area contributed by atoms with Crippen LogP contribution in [-0.2, 0) is 16.1 Å². The van der Waals surface area contributed by atoms with Gasteiger partial charge in [0.2, 0.25) is 18.6 Å². The van der Waals surface area contributed by atoms with Crippen molar-refractivity contribution in [1.82, 2.24) is 9.80 Å². The first-order valence-electron chi connectivity index (χ1n) is 10.6. The monoisotopic (exact) mass is 386 g/mol. The van der Waals surface area contributed by atoms with Gasteiger partial charge in [0.1, 0.15) is 0 Å². The molecule has 0 N–H and O–H groups in total. The van der Waals surface area contributed by atoms with Crippen LogP contribution >= 0.6 is 0 Å². The Morgan fingerprint density at radius 1 is 1.18 bits per heavy atom. The number of piperidine rings is 2. The van der Waals surface area contributed by atoms with Crippen LogP contribution in [0.1, 0.15) is 51.5 Å². The fourth-order valence-electron chi connectivity index (χ4n) is 4.89. The van der Waals surface area contributed by atoms with E-state index >= 15 is 0 Å². The lowest BCUT2D eigenvalue weighted by Crippen LogP contribution is -2.57. The minimum absolute atomic E-state index is 0.131. The largest absolute Gasteiger partial charge is 0.454 e. The first-order valence-corrected chi connectivity index (χ1v) is 10.6. The summed E-state index contributed by atoms with van der Waals surface area (Å²) in [5, 5.41) is 0. The molecule has 3 heterocycles. The van der Waals surface area contributed by atoms with Gasteiger partial charge in [0, 0.05) is 38.0 Å². The van der Waals surface area contributed by atoms with Crippen LogP contribution < -0.4 is 9.47 Å². The van der Waals surface area contributed by atoms with E-state index < -0.39 is 0 Å². The molecule has 1 aromatic carbocycles. The van der Waals surface area contributed by atoms with Crippen LogP contribution in [0.3, 0.4) is 0 Å². The Bertz CT molecular complexity index is 746. The Balaban J connectivity index is 1.45. The van der Waals surface area contributed by atoms with Gasteiger partial charge in [-0.15, -0.1) is 0 Å². The van der Waals surface area contributed by atoms with Crippen LogP contribution in [0.15, 0.2) is 18.2 Å². The maximum atomic E-state index is 12.8. The number of likely N-dealkylation sites (tertiary alicyclic amines) is 2. The van der Waals surface area contributed by atoms with Crippen molar-refractivity contribution in [2.75, 3.05) is 19.9 Å². The molecule has 152 valence electrons. The second-order valence-electron chi connectivity index (χ2n) is 8.16. The minimum atomic E-state index is 0.131. The molecule has 0 spiro atoms. The van der Waals surface area contributed by atoms with Crippen molar-refractivity contribution in [1.29, 1.82) is 0 Å². The van der Waals surface area contributed by atoms with Crippen molar-refractivity contribution in [2.45, 2.75) is 58.5 Å². The number of amides is 2. The summed E-state index contributed by atoms with van der Waals surface area (Å²) in [5.74, 6) is 2.54. The Labute approximate surface area is 166 Å². The summed E-state index contributed by atoms with van der Waals surface area (Å²) in [7, 11) is 0. The van der Waals surface area contributed by atoms with Gasteiger partial charge in [0.25, 0.3) is 0 Å². The smallest absolute Gasteiger partial charge is 0.231 e. The van der Waals surface area contributed by atoms with Crippen molar-refractivity contribution < 1.29 is 19.1 Å². The van der Waals surface area contributed by atoms with Gasteiger partial charge < -0.3 is 19.3 Å². The molecule has 0 aromatic heterocycles. The van der Waals surface area contributed by atoms with Gasteiger partial charge in [-0.05, 0) is 49.3 Å². The van der Waals surface area contributed by atoms with E-state index in [0.29, 0.717) is 24.8 Å². The van der Waals surface area contributed by atoms with Crippen molar-refractivity contribution in [3.05, 3.63) is 23.8 Å². The predicted octanol–water partition coefficient (Wildman–Crippen LogP) is 3.19. The molecule has 2 atom stereocenters. The fraction of sp³-hybridized carbons (Fsp3) is 0.636. The zero-order valence-electron chi connectivity index (χ0n) is 16.9. The molecule has 0 saturated carbocycles. The molecule has 4 rings (SSSR count). The second-order valence-corrected chi connectivity index (χ2v) is 8.16. The Morgan fingerprint density at radius 3 is 2.75 bits per heavy atom. The first kappa shape index (κ1) is 19.1. The van der Waals surface area contributed by atoms with E-state index in [0.717, 1.165) is 55.8 Å². The summed E-state index contributed by atoms with van der Waals surface area (Å²) >= 11 is 0. The van der Waals surface area contributed by atoms with Gasteiger partial charge in [0.05, 0.1) is 0 Å². The highest BCUT2D eigenvalue weighted by atomic mass is 16.7. The van der Waals surface area contributed by atoms with E-state index in [-0.39, 0.29) is 24.7 Å². The van der Waals surface area contributed by atoms with Crippen molar-refractivity contribution in [2.24, 2.45) is 11.8 Å². The van der Waals surface area contributed by atoms with Gasteiger partial charge in [0.15, 0.2) is 11.5 Å². The summed E-state index contributed by atoms with van der Waals surface area (Å²) in [6, 6.07) is 6.12. The Morgan fingerprint density at radius 2 is 1.96 bits per heavy atom. The summed E-state index contributed by atoms with van der Waals surface area (Å²) in [5.41, 5.74) is 1.06. The number of carbonyl (C=O) groups excluding carboxylic acids is 2. The lowest BCUT2D eigenvalue weighted by Gasteiger charge is -2.47. The number of nitrogens with zero attached hydrogens (tertiary/aromatic N) is 2. The van der Waals surface area contributed by atoms with E-state index in [4.69, 9.17) is 9.47 Å². The molecular formula is C22H30N2O4. The molecule has 0 radical (unpaired) electrons. The van der Waals surface area contributed by atoms with Gasteiger partial charge in [-0.1, -0.05) is 19.9 Å². The number of hydrogen-bond acceptors (Lipinski definition) is 4. The maximum absolute atomic E-state index is 12.8. The molecule has 28 heavy (non-hydrogen) atoms. The van der Waals surface area contributed by atoms with Crippen LogP contribution in [0.4, 0.5) is 0 Å². The van der Waals surface area contributed by atoms with E-state index in [9.17, 15) is 9.59 Å². The number of fused-ring (bicyclic) bond motifs is 2. The van der Waals surface area contributed by atoms with E-state index in [2.05, 4.69) is 13.8 Å². The quantitative estimate of drug-likeness (QED) is 0.780. The zero-order chi connectivity index (χ0) is 19.7. The predicted molar refractivity (Wildman–Crippen MR) is 105 cm³/mol. The van der Waals surface area contributed by atoms with E-state index in [1.54, 1.807) is 0 Å². The average molecular weight is 386 g/mol. The highest BCUT2D eigenvalue weighted by molar-refractivity contribution is 5.80. The Kier molecular flexibility index (Phi) is 5.47. The standard InChI is InChI=1S/C22H30N2O4/c1-3-16(4-2)22(26)23-10-9-18-17(13-23)6-8-21(25)24(18)12-15-5-7-19-20(11-15)28-14-27-19/h5,7,11,16-18H,3-4,6,8-10,12-14H2,1-2H3/t17-,18+/m1/s1. The molecule has 3 aliphatic rings. The number of hydrogen-bond donors (Lipinski definition) is 0. The SMILES string of the molecule is CCC(CC)C(=O)N1CC[C@H]2[C@H](CCC(=O)N2Cc2ccc3c(c2)OCO3)C1. The Hall–Kier alpha value is -2.24. The molecule has 0 unspecified atom stereocenters. The number of carbonyl (C=O) groups is 2. The van der Waals surface area contributed by atoms with E-state index in [1.165, 1.54) is 0 Å². The van der Waals surface area contributed by atoms with E-state index in [1.807, 2.05) is 28.0 Å². The van der Waals surface area contributed by atoms with Crippen molar-refractivity contribution in [3.63, 3.8) is 0 Å². The molecular weight excluding hydrogens is 356 g/mol. The summed E-state index contributed by atoms with van der Waals surface area (Å²) in [6.07, 6.45) is 4.11. The van der Waals surface area contributed by atoms with Crippen molar-refractivity contribution >= 4 is 11.8 Å². The minimum Gasteiger partial charge on any atom is -0.454 e. The number of rotatable bonds is 5. The van der Waals surface area contributed by atoms with Gasteiger partial charge >= 0.3 is 0 Å². The molecule has 0 bridgehead atoms. The molecule has 2 fully saturated rings. The highest BCUT2D eigenvalue weighted by Gasteiger charge is 2.41. The number of benzene rings is 1. The molecule has 6 heteroatoms. The van der Waals surface area contributed by atoms with Crippen LogP contribution in [0.2, 0.25) is 0 Å². The van der Waals surface area contributed by atoms with Gasteiger partial charge in [-0.25, -0.2) is 0 Å². The van der Waals surface area contributed by atoms with Gasteiger partial charge in [-0.2, -0.15) is 0 Å². The lowest BCUT2D eigenvalue weighted by atomic mass is 9.82. The summed E-state index contributed by atoms with van der Waals surface area (Å²) in [6.45, 7) is 6.56. The van der Waals surface area contributed by atoms with Gasteiger partial charge in [-0.3, -0.25) is 9.59 Å². The normalized spacial score (nSPS) is 23.9. The third-order valence-corrected chi connectivity index (χ3v) is 6.58. The highest BCUT2D eigenvalue weighted by Crippen LogP contribution is 2.36.